The van der Waals surface area contributed by atoms with Crippen LogP contribution in [0.15, 0.2) is 82.4 Å². The van der Waals surface area contributed by atoms with E-state index in [1.807, 2.05) is 24.3 Å². The maximum absolute atomic E-state index is 5.96. The van der Waals surface area contributed by atoms with Crippen molar-refractivity contribution in [2.75, 3.05) is 7.11 Å². The summed E-state index contributed by atoms with van der Waals surface area (Å²) < 4.78 is 11.4. The topological polar surface area (TPSA) is 48.2 Å². The number of nitrogens with zero attached hydrogens (tertiary/aromatic N) is 2. The van der Waals surface area contributed by atoms with E-state index in [4.69, 9.17) is 9.15 Å². The van der Waals surface area contributed by atoms with Crippen molar-refractivity contribution in [1.82, 2.24) is 10.2 Å². The molecular weight excluding hydrogens is 356 g/mol. The monoisotopic (exact) mass is 372 g/mol. The second kappa shape index (κ2) is 6.59. The summed E-state index contributed by atoms with van der Waals surface area (Å²) in [5.41, 5.74) is 5.90. The largest absolute Gasteiger partial charge is 0.496 e. The molecule has 5 heteroatoms. The molecule has 0 bridgehead atoms. The fraction of sp³-hybridized carbons (Fsp3) is 0.0909. The first-order chi connectivity index (χ1) is 13.3. The van der Waals surface area contributed by atoms with Crippen LogP contribution in [0.25, 0.3) is 22.6 Å². The van der Waals surface area contributed by atoms with E-state index in [0.29, 0.717) is 16.9 Å². The van der Waals surface area contributed by atoms with Crippen molar-refractivity contribution in [2.45, 2.75) is 10.5 Å². The van der Waals surface area contributed by atoms with Crippen molar-refractivity contribution in [3.05, 3.63) is 83.9 Å². The molecule has 0 amide bonds. The van der Waals surface area contributed by atoms with Crippen molar-refractivity contribution in [1.29, 1.82) is 0 Å². The van der Waals surface area contributed by atoms with Gasteiger partial charge in [-0.2, -0.15) is 0 Å². The summed E-state index contributed by atoms with van der Waals surface area (Å²) in [4.78, 5) is 0. The van der Waals surface area contributed by atoms with Gasteiger partial charge in [0.15, 0.2) is 0 Å². The van der Waals surface area contributed by atoms with Crippen LogP contribution in [-0.4, -0.2) is 17.3 Å². The molecule has 0 N–H and O–H groups in total. The van der Waals surface area contributed by atoms with Gasteiger partial charge < -0.3 is 9.15 Å². The van der Waals surface area contributed by atoms with E-state index in [0.717, 1.165) is 5.56 Å². The van der Waals surface area contributed by atoms with Gasteiger partial charge in [0.2, 0.25) is 0 Å². The van der Waals surface area contributed by atoms with E-state index in [1.54, 1.807) is 18.9 Å². The first-order valence-electron chi connectivity index (χ1n) is 8.67. The molecule has 5 rings (SSSR count). The van der Waals surface area contributed by atoms with Crippen molar-refractivity contribution < 1.29 is 9.15 Å². The second-order valence-corrected chi connectivity index (χ2v) is 7.30. The Kier molecular flexibility index (Phi) is 3.94. The van der Waals surface area contributed by atoms with Crippen molar-refractivity contribution in [3.8, 4) is 28.3 Å². The van der Waals surface area contributed by atoms with E-state index in [2.05, 4.69) is 58.7 Å². The van der Waals surface area contributed by atoms with Gasteiger partial charge in [0.25, 0.3) is 11.1 Å². The van der Waals surface area contributed by atoms with Gasteiger partial charge in [0.05, 0.1) is 17.9 Å². The molecule has 1 aromatic heterocycles. The summed E-state index contributed by atoms with van der Waals surface area (Å²) in [6, 6.07) is 24.6. The standard InChI is InChI=1S/C22H16N2O2S/c1-25-19-13-7-6-12-18(19)21-23-24-22(26-21)27-20-16-10-4-2-8-14(16)15-9-3-5-11-17(15)20/h2-13,20H,1H3. The molecule has 4 aromatic rings. The predicted octanol–water partition coefficient (Wildman–Crippen LogP) is 5.61. The quantitative estimate of drug-likeness (QED) is 0.466. The van der Waals surface area contributed by atoms with E-state index >= 15 is 0 Å². The maximum Gasteiger partial charge on any atom is 0.277 e. The van der Waals surface area contributed by atoms with Gasteiger partial charge in [0, 0.05) is 0 Å². The Balaban J connectivity index is 1.51. The van der Waals surface area contributed by atoms with Gasteiger partial charge in [-0.3, -0.25) is 0 Å². The number of benzene rings is 3. The SMILES string of the molecule is COc1ccccc1-c1nnc(SC2c3ccccc3-c3ccccc32)o1. The minimum atomic E-state index is 0.142. The number of hydrogen-bond acceptors (Lipinski definition) is 5. The van der Waals surface area contributed by atoms with Gasteiger partial charge in [0.1, 0.15) is 5.75 Å². The van der Waals surface area contributed by atoms with Crippen LogP contribution < -0.4 is 4.74 Å². The summed E-state index contributed by atoms with van der Waals surface area (Å²) in [6.07, 6.45) is 0. The highest BCUT2D eigenvalue weighted by Gasteiger charge is 2.30. The smallest absolute Gasteiger partial charge is 0.277 e. The van der Waals surface area contributed by atoms with Crippen molar-refractivity contribution in [3.63, 3.8) is 0 Å². The zero-order valence-electron chi connectivity index (χ0n) is 14.6. The third kappa shape index (κ3) is 2.71. The molecule has 1 heterocycles. The molecule has 132 valence electrons. The normalized spacial score (nSPS) is 12.6. The summed E-state index contributed by atoms with van der Waals surface area (Å²) in [7, 11) is 1.64. The zero-order chi connectivity index (χ0) is 18.2. The fourth-order valence-corrected chi connectivity index (χ4v) is 4.61. The molecule has 1 aliphatic carbocycles. The first-order valence-corrected chi connectivity index (χ1v) is 9.55. The van der Waals surface area contributed by atoms with Gasteiger partial charge in [-0.15, -0.1) is 10.2 Å². The molecule has 4 nitrogen and oxygen atoms in total. The Morgan fingerprint density at radius 3 is 2.04 bits per heavy atom. The van der Waals surface area contributed by atoms with Gasteiger partial charge in [-0.1, -0.05) is 72.4 Å². The molecule has 0 saturated carbocycles. The maximum atomic E-state index is 5.96. The Morgan fingerprint density at radius 2 is 1.37 bits per heavy atom. The summed E-state index contributed by atoms with van der Waals surface area (Å²) in [5, 5.41) is 9.19. The second-order valence-electron chi connectivity index (χ2n) is 6.25. The molecule has 3 aromatic carbocycles. The molecule has 0 fully saturated rings. The minimum absolute atomic E-state index is 0.142. The molecule has 0 unspecified atom stereocenters. The number of thioether (sulfide) groups is 1. The van der Waals surface area contributed by atoms with E-state index in [-0.39, 0.29) is 5.25 Å². The van der Waals surface area contributed by atoms with E-state index < -0.39 is 0 Å². The molecule has 0 spiro atoms. The van der Waals surface area contributed by atoms with Crippen LogP contribution >= 0.6 is 11.8 Å². The Hall–Kier alpha value is -3.05. The zero-order valence-corrected chi connectivity index (χ0v) is 15.4. The van der Waals surface area contributed by atoms with Crippen molar-refractivity contribution >= 4 is 11.8 Å². The van der Waals surface area contributed by atoms with Gasteiger partial charge >= 0.3 is 0 Å². The lowest BCUT2D eigenvalue weighted by Crippen LogP contribution is -1.91. The number of hydrogen-bond donors (Lipinski definition) is 0. The average molecular weight is 372 g/mol. The van der Waals surface area contributed by atoms with Crippen LogP contribution in [0.5, 0.6) is 5.75 Å². The van der Waals surface area contributed by atoms with Crippen LogP contribution in [0.2, 0.25) is 0 Å². The van der Waals surface area contributed by atoms with Crippen LogP contribution in [-0.2, 0) is 0 Å². The van der Waals surface area contributed by atoms with Crippen LogP contribution in [0.1, 0.15) is 16.4 Å². The lowest BCUT2D eigenvalue weighted by molar-refractivity contribution is 0.411. The Labute approximate surface area is 161 Å². The predicted molar refractivity (Wildman–Crippen MR) is 106 cm³/mol. The first kappa shape index (κ1) is 16.1. The molecule has 0 saturated heterocycles. The molecule has 0 atom stereocenters. The minimum Gasteiger partial charge on any atom is -0.496 e. The molecule has 27 heavy (non-hydrogen) atoms. The van der Waals surface area contributed by atoms with E-state index in [1.165, 1.54) is 22.3 Å². The summed E-state index contributed by atoms with van der Waals surface area (Å²) in [5.74, 6) is 1.18. The number of rotatable bonds is 4. The number of para-hydroxylation sites is 1. The molecule has 0 aliphatic heterocycles. The number of ether oxygens (including phenoxy) is 1. The lowest BCUT2D eigenvalue weighted by atomic mass is 10.1. The van der Waals surface area contributed by atoms with E-state index in [9.17, 15) is 0 Å². The number of methoxy groups -OCH3 is 1. The molecule has 0 radical (unpaired) electrons. The van der Waals surface area contributed by atoms with Gasteiger partial charge in [-0.05, 0) is 34.4 Å². The fourth-order valence-electron chi connectivity index (χ4n) is 3.52. The third-order valence-electron chi connectivity index (χ3n) is 4.74. The highest BCUT2D eigenvalue weighted by molar-refractivity contribution is 7.99. The average Bonchev–Trinajstić information content (AvgIpc) is 3.32. The van der Waals surface area contributed by atoms with Crippen molar-refractivity contribution in [2.24, 2.45) is 0 Å². The number of fused-ring (bicyclic) bond motifs is 3. The van der Waals surface area contributed by atoms with Gasteiger partial charge in [-0.25, -0.2) is 0 Å². The highest BCUT2D eigenvalue weighted by atomic mass is 32.2. The Morgan fingerprint density at radius 1 is 0.778 bits per heavy atom. The molecular formula is C22H16N2O2S. The van der Waals surface area contributed by atoms with Crippen LogP contribution in [0.3, 0.4) is 0 Å². The highest BCUT2D eigenvalue weighted by Crippen LogP contribution is 2.52. The lowest BCUT2D eigenvalue weighted by Gasteiger charge is -2.10. The molecule has 1 aliphatic rings. The summed E-state index contributed by atoms with van der Waals surface area (Å²) in [6.45, 7) is 0. The van der Waals surface area contributed by atoms with Crippen LogP contribution in [0, 0.1) is 0 Å². The number of aromatic nitrogens is 2. The summed E-state index contributed by atoms with van der Waals surface area (Å²) >= 11 is 1.58. The third-order valence-corrected chi connectivity index (χ3v) is 5.85. The van der Waals surface area contributed by atoms with Crippen LogP contribution in [0.4, 0.5) is 0 Å². The Bertz CT molecular complexity index is 1080.